The van der Waals surface area contributed by atoms with E-state index in [0.29, 0.717) is 0 Å². The van der Waals surface area contributed by atoms with Crippen molar-refractivity contribution in [3.05, 3.63) is 69.7 Å². The van der Waals surface area contributed by atoms with Gasteiger partial charge in [0.2, 0.25) is 0 Å². The van der Waals surface area contributed by atoms with Crippen LogP contribution in [0.5, 0.6) is 0 Å². The van der Waals surface area contributed by atoms with E-state index in [1.807, 2.05) is 24.3 Å². The lowest BCUT2D eigenvalue weighted by atomic mass is 10.2. The Morgan fingerprint density at radius 2 is 0.812 bits per heavy atom. The summed E-state index contributed by atoms with van der Waals surface area (Å²) in [7, 11) is 0. The molecule has 0 spiro atoms. The van der Waals surface area contributed by atoms with E-state index in [0.717, 1.165) is 75.5 Å². The number of nitrogens with zero attached hydrogens (tertiary/aromatic N) is 2. The van der Waals surface area contributed by atoms with Gasteiger partial charge in [-0.3, -0.25) is 9.80 Å². The van der Waals surface area contributed by atoms with Crippen molar-refractivity contribution in [3.8, 4) is 0 Å². The van der Waals surface area contributed by atoms with E-state index in [2.05, 4.69) is 44.7 Å². The van der Waals surface area contributed by atoms with Crippen molar-refractivity contribution in [1.29, 1.82) is 0 Å². The van der Waals surface area contributed by atoms with Crippen LogP contribution in [0.3, 0.4) is 0 Å². The summed E-state index contributed by atoms with van der Waals surface area (Å²) in [5.41, 5.74) is 2.69. The Morgan fingerprint density at radius 3 is 1.09 bits per heavy atom. The lowest BCUT2D eigenvalue weighted by Crippen LogP contribution is -2.42. The third-order valence-electron chi connectivity index (χ3n) is 5.06. The largest absolute Gasteiger partial charge is 0.314 e. The maximum atomic E-state index is 5.83. The molecule has 10 heteroatoms. The van der Waals surface area contributed by atoms with Gasteiger partial charge in [0.05, 0.1) is 0 Å². The van der Waals surface area contributed by atoms with Gasteiger partial charge in [-0.25, -0.2) is 0 Å². The average Bonchev–Trinajstić information content (AvgIpc) is 2.74. The monoisotopic (exact) mass is 564 g/mol. The Kier molecular flexibility index (Phi) is 20.7. The first-order valence-corrected chi connectivity index (χ1v) is 10.8. The predicted molar refractivity (Wildman–Crippen MR) is 148 cm³/mol. The lowest BCUT2D eigenvalue weighted by Gasteiger charge is -2.27. The maximum Gasteiger partial charge on any atom is 0.0406 e. The molecule has 2 aliphatic heterocycles. The third kappa shape index (κ3) is 13.0. The molecule has 0 radical (unpaired) electrons. The highest BCUT2D eigenvalue weighted by molar-refractivity contribution is 6.30. The van der Waals surface area contributed by atoms with E-state index in [9.17, 15) is 0 Å². The molecule has 0 saturated carbocycles. The molecule has 2 aliphatic rings. The van der Waals surface area contributed by atoms with Crippen LogP contribution >= 0.6 is 72.8 Å². The molecule has 2 heterocycles. The number of hydrogen-bond donors (Lipinski definition) is 2. The highest BCUT2D eigenvalue weighted by atomic mass is 35.5. The number of hydrogen-bond acceptors (Lipinski definition) is 4. The second kappa shape index (κ2) is 19.3. The van der Waals surface area contributed by atoms with E-state index in [4.69, 9.17) is 23.2 Å². The Bertz CT molecular complexity index is 629. The summed E-state index contributed by atoms with van der Waals surface area (Å²) >= 11 is 11.7. The van der Waals surface area contributed by atoms with Gasteiger partial charge >= 0.3 is 0 Å². The zero-order valence-corrected chi connectivity index (χ0v) is 22.8. The zero-order valence-electron chi connectivity index (χ0n) is 18.0. The summed E-state index contributed by atoms with van der Waals surface area (Å²) in [5, 5.41) is 8.32. The highest BCUT2D eigenvalue weighted by Gasteiger charge is 2.10. The molecule has 184 valence electrons. The second-order valence-electron chi connectivity index (χ2n) is 7.31. The summed E-state index contributed by atoms with van der Waals surface area (Å²) in [6, 6.07) is 16.2. The number of halogens is 6. The molecular weight excluding hydrogens is 533 g/mol. The van der Waals surface area contributed by atoms with E-state index in [1.54, 1.807) is 0 Å². The van der Waals surface area contributed by atoms with Gasteiger partial charge in [0.15, 0.2) is 0 Å². The van der Waals surface area contributed by atoms with Crippen LogP contribution < -0.4 is 10.6 Å². The lowest BCUT2D eigenvalue weighted by molar-refractivity contribution is 0.233. The molecule has 2 aromatic rings. The Balaban J connectivity index is 0. The Morgan fingerprint density at radius 1 is 0.531 bits per heavy atom. The van der Waals surface area contributed by atoms with Crippen molar-refractivity contribution in [2.45, 2.75) is 13.1 Å². The molecule has 2 aromatic carbocycles. The number of piperazine rings is 2. The van der Waals surface area contributed by atoms with Gasteiger partial charge < -0.3 is 10.6 Å². The van der Waals surface area contributed by atoms with Crippen molar-refractivity contribution >= 4 is 72.8 Å². The van der Waals surface area contributed by atoms with Crippen LogP contribution in [0.2, 0.25) is 10.0 Å². The summed E-state index contributed by atoms with van der Waals surface area (Å²) < 4.78 is 0. The maximum absolute atomic E-state index is 5.83. The van der Waals surface area contributed by atoms with Crippen molar-refractivity contribution < 1.29 is 0 Å². The molecule has 0 aliphatic carbocycles. The van der Waals surface area contributed by atoms with Gasteiger partial charge in [0, 0.05) is 75.5 Å². The van der Waals surface area contributed by atoms with Gasteiger partial charge in [0.25, 0.3) is 0 Å². The van der Waals surface area contributed by atoms with Crippen molar-refractivity contribution in [2.24, 2.45) is 0 Å². The number of nitrogens with one attached hydrogen (secondary N) is 2. The molecule has 4 rings (SSSR count). The van der Waals surface area contributed by atoms with Gasteiger partial charge in [0.1, 0.15) is 0 Å². The number of rotatable bonds is 4. The zero-order chi connectivity index (χ0) is 19.6. The molecule has 0 atom stereocenters. The SMILES string of the molecule is Cl.Cl.Cl.Cl.Clc1ccc(CN2CCNCC2)cc1.Clc1ccc(CN2CCNCC2)cc1. The van der Waals surface area contributed by atoms with E-state index in [-0.39, 0.29) is 49.6 Å². The topological polar surface area (TPSA) is 30.5 Å². The Hall–Kier alpha value is 0.0200. The van der Waals surface area contributed by atoms with Crippen LogP contribution in [-0.2, 0) is 13.1 Å². The van der Waals surface area contributed by atoms with Gasteiger partial charge in [-0.05, 0) is 35.4 Å². The minimum Gasteiger partial charge on any atom is -0.314 e. The quantitative estimate of drug-likeness (QED) is 0.534. The van der Waals surface area contributed by atoms with E-state index >= 15 is 0 Å². The predicted octanol–water partition coefficient (Wildman–Crippen LogP) is 5.18. The van der Waals surface area contributed by atoms with Crippen LogP contribution in [0, 0.1) is 0 Å². The molecule has 0 aromatic heterocycles. The fourth-order valence-electron chi connectivity index (χ4n) is 3.43. The van der Waals surface area contributed by atoms with Crippen LogP contribution in [0.25, 0.3) is 0 Å². The standard InChI is InChI=1S/2C11H15ClN2.4ClH/c2*12-11-3-1-10(2-4-11)9-14-7-5-13-6-8-14;;;;/h2*1-4,13H,5-9H2;4*1H. The van der Waals surface area contributed by atoms with E-state index in [1.165, 1.54) is 11.1 Å². The van der Waals surface area contributed by atoms with Crippen molar-refractivity contribution in [2.75, 3.05) is 52.4 Å². The van der Waals surface area contributed by atoms with Gasteiger partial charge in [-0.2, -0.15) is 0 Å². The summed E-state index contributed by atoms with van der Waals surface area (Å²) in [6.45, 7) is 11.1. The minimum absolute atomic E-state index is 0. The van der Waals surface area contributed by atoms with Crippen LogP contribution in [0.15, 0.2) is 48.5 Å². The minimum atomic E-state index is 0. The van der Waals surface area contributed by atoms with Crippen molar-refractivity contribution in [3.63, 3.8) is 0 Å². The molecule has 2 saturated heterocycles. The molecule has 2 fully saturated rings. The first kappa shape index (κ1) is 34.2. The summed E-state index contributed by atoms with van der Waals surface area (Å²) in [6.07, 6.45) is 0. The van der Waals surface area contributed by atoms with E-state index < -0.39 is 0 Å². The van der Waals surface area contributed by atoms with Crippen LogP contribution in [0.1, 0.15) is 11.1 Å². The smallest absolute Gasteiger partial charge is 0.0406 e. The van der Waals surface area contributed by atoms with Crippen LogP contribution in [-0.4, -0.2) is 62.2 Å². The number of benzene rings is 2. The van der Waals surface area contributed by atoms with Gasteiger partial charge in [-0.15, -0.1) is 49.6 Å². The first-order valence-electron chi connectivity index (χ1n) is 10.0. The van der Waals surface area contributed by atoms with Crippen molar-refractivity contribution in [1.82, 2.24) is 20.4 Å². The fourth-order valence-corrected chi connectivity index (χ4v) is 3.69. The molecule has 0 unspecified atom stereocenters. The molecule has 32 heavy (non-hydrogen) atoms. The molecule has 2 N–H and O–H groups in total. The highest BCUT2D eigenvalue weighted by Crippen LogP contribution is 2.12. The molecule has 4 nitrogen and oxygen atoms in total. The average molecular weight is 567 g/mol. The normalized spacial score (nSPS) is 16.1. The molecule has 0 bridgehead atoms. The summed E-state index contributed by atoms with van der Waals surface area (Å²) in [4.78, 5) is 4.92. The fraction of sp³-hybridized carbons (Fsp3) is 0.455. The second-order valence-corrected chi connectivity index (χ2v) is 8.18. The summed E-state index contributed by atoms with van der Waals surface area (Å²) in [5.74, 6) is 0. The molecule has 0 amide bonds. The first-order chi connectivity index (χ1) is 13.7. The third-order valence-corrected chi connectivity index (χ3v) is 5.56. The Labute approximate surface area is 227 Å². The van der Waals surface area contributed by atoms with Gasteiger partial charge in [-0.1, -0.05) is 47.5 Å². The van der Waals surface area contributed by atoms with Crippen LogP contribution in [0.4, 0.5) is 0 Å². The molecular formula is C22H34Cl6N4.